The summed E-state index contributed by atoms with van der Waals surface area (Å²) in [6.07, 6.45) is 0.847. The highest BCUT2D eigenvalue weighted by Gasteiger charge is 2.13. The standard InChI is InChI=1S/C14H20N2O2/c1-5-11(9-15)10-16(2)13-7-6-12(17-3)8-14(13)18-4/h6-8,11H,5,10H2,1-4H3. The molecule has 4 nitrogen and oxygen atoms in total. The minimum atomic E-state index is 0.0295. The van der Waals surface area contributed by atoms with Crippen LogP contribution < -0.4 is 14.4 Å². The largest absolute Gasteiger partial charge is 0.497 e. The van der Waals surface area contributed by atoms with E-state index in [0.29, 0.717) is 6.54 Å². The molecule has 0 saturated heterocycles. The molecular formula is C14H20N2O2. The molecule has 0 N–H and O–H groups in total. The van der Waals surface area contributed by atoms with Gasteiger partial charge in [0.1, 0.15) is 11.5 Å². The summed E-state index contributed by atoms with van der Waals surface area (Å²) in [5, 5.41) is 9.00. The van der Waals surface area contributed by atoms with Gasteiger partial charge in [-0.3, -0.25) is 0 Å². The monoisotopic (exact) mass is 248 g/mol. The van der Waals surface area contributed by atoms with E-state index in [0.717, 1.165) is 23.6 Å². The molecular weight excluding hydrogens is 228 g/mol. The van der Waals surface area contributed by atoms with Crippen molar-refractivity contribution in [1.29, 1.82) is 5.26 Å². The van der Waals surface area contributed by atoms with Crippen LogP contribution in [0.25, 0.3) is 0 Å². The predicted octanol–water partition coefficient (Wildman–Crippen LogP) is 2.69. The zero-order chi connectivity index (χ0) is 13.5. The number of nitriles is 1. The molecule has 0 amide bonds. The van der Waals surface area contributed by atoms with Crippen LogP contribution in [-0.2, 0) is 0 Å². The van der Waals surface area contributed by atoms with Crippen LogP contribution in [0.1, 0.15) is 13.3 Å². The summed E-state index contributed by atoms with van der Waals surface area (Å²) in [5.74, 6) is 1.54. The van der Waals surface area contributed by atoms with Gasteiger partial charge in [0.15, 0.2) is 0 Å². The predicted molar refractivity (Wildman–Crippen MR) is 72.2 cm³/mol. The van der Waals surface area contributed by atoms with E-state index in [2.05, 4.69) is 6.07 Å². The van der Waals surface area contributed by atoms with Crippen molar-refractivity contribution in [3.63, 3.8) is 0 Å². The Hall–Kier alpha value is -1.89. The maximum Gasteiger partial charge on any atom is 0.145 e. The Morgan fingerprint density at radius 1 is 1.33 bits per heavy atom. The molecule has 0 heterocycles. The number of ether oxygens (including phenoxy) is 2. The molecule has 1 aromatic carbocycles. The molecule has 1 unspecified atom stereocenters. The first-order valence-corrected chi connectivity index (χ1v) is 5.99. The van der Waals surface area contributed by atoms with Crippen molar-refractivity contribution < 1.29 is 9.47 Å². The van der Waals surface area contributed by atoms with Crippen LogP contribution in [0, 0.1) is 17.2 Å². The molecule has 1 atom stereocenters. The van der Waals surface area contributed by atoms with Gasteiger partial charge in [0.05, 0.1) is 31.9 Å². The van der Waals surface area contributed by atoms with Gasteiger partial charge in [0.25, 0.3) is 0 Å². The molecule has 0 aromatic heterocycles. The van der Waals surface area contributed by atoms with E-state index in [1.54, 1.807) is 14.2 Å². The third kappa shape index (κ3) is 3.30. The Morgan fingerprint density at radius 3 is 2.56 bits per heavy atom. The van der Waals surface area contributed by atoms with Crippen LogP contribution in [0.5, 0.6) is 11.5 Å². The topological polar surface area (TPSA) is 45.5 Å². The number of hydrogen-bond acceptors (Lipinski definition) is 4. The minimum Gasteiger partial charge on any atom is -0.497 e. The summed E-state index contributed by atoms with van der Waals surface area (Å²) in [6, 6.07) is 7.99. The number of anilines is 1. The smallest absolute Gasteiger partial charge is 0.145 e. The van der Waals surface area contributed by atoms with Gasteiger partial charge < -0.3 is 14.4 Å². The number of rotatable bonds is 6. The molecule has 0 aliphatic heterocycles. The van der Waals surface area contributed by atoms with Gasteiger partial charge in [0.2, 0.25) is 0 Å². The Kier molecular flexibility index (Phi) is 5.31. The molecule has 18 heavy (non-hydrogen) atoms. The highest BCUT2D eigenvalue weighted by atomic mass is 16.5. The lowest BCUT2D eigenvalue weighted by molar-refractivity contribution is 0.394. The highest BCUT2D eigenvalue weighted by molar-refractivity contribution is 5.60. The summed E-state index contributed by atoms with van der Waals surface area (Å²) in [5.41, 5.74) is 0.965. The first-order chi connectivity index (χ1) is 8.65. The molecule has 0 spiro atoms. The fourth-order valence-corrected chi connectivity index (χ4v) is 1.79. The van der Waals surface area contributed by atoms with Gasteiger partial charge >= 0.3 is 0 Å². The normalized spacial score (nSPS) is 11.5. The fraction of sp³-hybridized carbons (Fsp3) is 0.500. The Morgan fingerprint density at radius 2 is 2.06 bits per heavy atom. The third-order valence-corrected chi connectivity index (χ3v) is 2.97. The van der Waals surface area contributed by atoms with E-state index < -0.39 is 0 Å². The van der Waals surface area contributed by atoms with E-state index in [9.17, 15) is 0 Å². The molecule has 0 bridgehead atoms. The number of nitrogens with zero attached hydrogens (tertiary/aromatic N) is 2. The van der Waals surface area contributed by atoms with E-state index in [1.165, 1.54) is 0 Å². The van der Waals surface area contributed by atoms with Crippen molar-refractivity contribution in [2.24, 2.45) is 5.92 Å². The zero-order valence-electron chi connectivity index (χ0n) is 11.4. The Bertz CT molecular complexity index is 426. The van der Waals surface area contributed by atoms with Crippen molar-refractivity contribution in [2.45, 2.75) is 13.3 Å². The first kappa shape index (κ1) is 14.2. The molecule has 0 aliphatic carbocycles. The average Bonchev–Trinajstić information content (AvgIpc) is 2.43. The van der Waals surface area contributed by atoms with E-state index in [1.807, 2.05) is 37.1 Å². The summed E-state index contributed by atoms with van der Waals surface area (Å²) >= 11 is 0. The third-order valence-electron chi connectivity index (χ3n) is 2.97. The van der Waals surface area contributed by atoms with E-state index >= 15 is 0 Å². The van der Waals surface area contributed by atoms with Gasteiger partial charge in [-0.25, -0.2) is 0 Å². The Labute approximate surface area is 109 Å². The summed E-state index contributed by atoms with van der Waals surface area (Å²) < 4.78 is 10.5. The quantitative estimate of drug-likeness (QED) is 0.776. The fourth-order valence-electron chi connectivity index (χ4n) is 1.79. The van der Waals surface area contributed by atoms with Crippen LogP contribution in [0.4, 0.5) is 5.69 Å². The van der Waals surface area contributed by atoms with Crippen LogP contribution in [0.15, 0.2) is 18.2 Å². The SMILES string of the molecule is CCC(C#N)CN(C)c1ccc(OC)cc1OC. The average molecular weight is 248 g/mol. The maximum atomic E-state index is 9.00. The molecule has 98 valence electrons. The van der Waals surface area contributed by atoms with Crippen LogP contribution in [0.3, 0.4) is 0 Å². The molecule has 1 aromatic rings. The first-order valence-electron chi connectivity index (χ1n) is 5.99. The molecule has 0 radical (unpaired) electrons. The summed E-state index contributed by atoms with van der Waals surface area (Å²) in [7, 11) is 5.22. The van der Waals surface area contributed by atoms with Gasteiger partial charge in [-0.15, -0.1) is 0 Å². The zero-order valence-corrected chi connectivity index (χ0v) is 11.4. The molecule has 0 fully saturated rings. The van der Waals surface area contributed by atoms with Gasteiger partial charge in [-0.2, -0.15) is 5.26 Å². The summed E-state index contributed by atoms with van der Waals surface area (Å²) in [6.45, 7) is 2.71. The van der Waals surface area contributed by atoms with Gasteiger partial charge in [0, 0.05) is 19.7 Å². The maximum absolute atomic E-state index is 9.00. The van der Waals surface area contributed by atoms with Crippen molar-refractivity contribution in [3.8, 4) is 17.6 Å². The van der Waals surface area contributed by atoms with Crippen molar-refractivity contribution in [2.75, 3.05) is 32.7 Å². The second kappa shape index (κ2) is 6.75. The van der Waals surface area contributed by atoms with E-state index in [4.69, 9.17) is 14.7 Å². The number of hydrogen-bond donors (Lipinski definition) is 0. The second-order valence-corrected chi connectivity index (χ2v) is 4.15. The second-order valence-electron chi connectivity index (χ2n) is 4.15. The van der Waals surface area contributed by atoms with Crippen LogP contribution >= 0.6 is 0 Å². The Balaban J connectivity index is 2.91. The molecule has 0 saturated carbocycles. The van der Waals surface area contributed by atoms with Gasteiger partial charge in [-0.1, -0.05) is 6.92 Å². The lowest BCUT2D eigenvalue weighted by Crippen LogP contribution is -2.24. The lowest BCUT2D eigenvalue weighted by atomic mass is 10.1. The number of methoxy groups -OCH3 is 2. The molecule has 4 heteroatoms. The lowest BCUT2D eigenvalue weighted by Gasteiger charge is -2.23. The van der Waals surface area contributed by atoms with Crippen molar-refractivity contribution >= 4 is 5.69 Å². The molecule has 0 aliphatic rings. The van der Waals surface area contributed by atoms with E-state index in [-0.39, 0.29) is 5.92 Å². The van der Waals surface area contributed by atoms with Crippen molar-refractivity contribution in [1.82, 2.24) is 0 Å². The van der Waals surface area contributed by atoms with Crippen LogP contribution in [-0.4, -0.2) is 27.8 Å². The van der Waals surface area contributed by atoms with Crippen molar-refractivity contribution in [3.05, 3.63) is 18.2 Å². The van der Waals surface area contributed by atoms with Gasteiger partial charge in [-0.05, 0) is 18.6 Å². The highest BCUT2D eigenvalue weighted by Crippen LogP contribution is 2.31. The number of benzene rings is 1. The summed E-state index contributed by atoms with van der Waals surface area (Å²) in [4.78, 5) is 2.04. The van der Waals surface area contributed by atoms with Crippen LogP contribution in [0.2, 0.25) is 0 Å². The molecule has 1 rings (SSSR count). The minimum absolute atomic E-state index is 0.0295.